The molecule has 76 valence electrons. The van der Waals surface area contributed by atoms with Gasteiger partial charge >= 0.3 is 0 Å². The normalized spacial score (nSPS) is 21.1. The lowest BCUT2D eigenvalue weighted by Crippen LogP contribution is -2.31. The third-order valence-corrected chi connectivity index (χ3v) is 2.97. The predicted octanol–water partition coefficient (Wildman–Crippen LogP) is 3.12. The standard InChI is InChI=1S/C12H23N/c1-4-6-9-12(3,5-2)10-13-11-7-8-11/h5,11,13H,2,4,6-10H2,1,3H3. The van der Waals surface area contributed by atoms with E-state index in [2.05, 4.69) is 31.8 Å². The quantitative estimate of drug-likeness (QED) is 0.595. The van der Waals surface area contributed by atoms with Crippen molar-refractivity contribution in [2.45, 2.75) is 52.0 Å². The average Bonchev–Trinajstić information content (AvgIpc) is 2.95. The van der Waals surface area contributed by atoms with Gasteiger partial charge in [-0.2, -0.15) is 0 Å². The summed E-state index contributed by atoms with van der Waals surface area (Å²) in [5, 5.41) is 3.59. The zero-order chi connectivity index (χ0) is 9.73. The van der Waals surface area contributed by atoms with Crippen molar-refractivity contribution in [3.05, 3.63) is 12.7 Å². The molecule has 0 aromatic rings. The molecule has 0 spiro atoms. The number of nitrogens with one attached hydrogen (secondary N) is 1. The van der Waals surface area contributed by atoms with Crippen LogP contribution in [0, 0.1) is 5.41 Å². The second kappa shape index (κ2) is 4.80. The molecule has 1 saturated carbocycles. The number of unbranched alkanes of at least 4 members (excludes halogenated alkanes) is 1. The van der Waals surface area contributed by atoms with Gasteiger partial charge in [0.1, 0.15) is 0 Å². The van der Waals surface area contributed by atoms with Gasteiger partial charge in [0.25, 0.3) is 0 Å². The van der Waals surface area contributed by atoms with Gasteiger partial charge in [0.15, 0.2) is 0 Å². The van der Waals surface area contributed by atoms with Gasteiger partial charge in [-0.1, -0.05) is 32.8 Å². The summed E-state index contributed by atoms with van der Waals surface area (Å²) in [6.45, 7) is 9.61. The van der Waals surface area contributed by atoms with E-state index in [9.17, 15) is 0 Å². The molecule has 0 bridgehead atoms. The maximum absolute atomic E-state index is 3.94. The third-order valence-electron chi connectivity index (χ3n) is 2.97. The van der Waals surface area contributed by atoms with Crippen molar-refractivity contribution in [2.75, 3.05) is 6.54 Å². The molecule has 1 rings (SSSR count). The van der Waals surface area contributed by atoms with Crippen LogP contribution in [-0.4, -0.2) is 12.6 Å². The topological polar surface area (TPSA) is 12.0 Å². The molecule has 1 N–H and O–H groups in total. The van der Waals surface area contributed by atoms with Crippen LogP contribution in [0.1, 0.15) is 46.0 Å². The van der Waals surface area contributed by atoms with E-state index in [0.29, 0.717) is 5.41 Å². The number of hydrogen-bond acceptors (Lipinski definition) is 1. The monoisotopic (exact) mass is 181 g/mol. The molecule has 0 aromatic carbocycles. The van der Waals surface area contributed by atoms with E-state index in [0.717, 1.165) is 12.6 Å². The fourth-order valence-corrected chi connectivity index (χ4v) is 1.51. The first-order valence-electron chi connectivity index (χ1n) is 5.57. The van der Waals surface area contributed by atoms with Gasteiger partial charge in [-0.25, -0.2) is 0 Å². The van der Waals surface area contributed by atoms with E-state index in [1.54, 1.807) is 0 Å². The van der Waals surface area contributed by atoms with Crippen LogP contribution in [0.15, 0.2) is 12.7 Å². The minimum absolute atomic E-state index is 0.318. The second-order valence-electron chi connectivity index (χ2n) is 4.62. The van der Waals surface area contributed by atoms with Crippen LogP contribution < -0.4 is 5.32 Å². The Morgan fingerprint density at radius 2 is 2.23 bits per heavy atom. The van der Waals surface area contributed by atoms with Crippen molar-refractivity contribution < 1.29 is 0 Å². The fraction of sp³-hybridized carbons (Fsp3) is 0.833. The average molecular weight is 181 g/mol. The van der Waals surface area contributed by atoms with Crippen LogP contribution >= 0.6 is 0 Å². The molecule has 0 amide bonds. The Morgan fingerprint density at radius 1 is 1.54 bits per heavy atom. The first-order chi connectivity index (χ1) is 6.20. The molecular formula is C12H23N. The van der Waals surface area contributed by atoms with Crippen LogP contribution in [0.5, 0.6) is 0 Å². The molecule has 1 heteroatoms. The Hall–Kier alpha value is -0.300. The zero-order valence-electron chi connectivity index (χ0n) is 9.10. The number of rotatable bonds is 7. The van der Waals surface area contributed by atoms with E-state index < -0.39 is 0 Å². The van der Waals surface area contributed by atoms with Crippen molar-refractivity contribution in [1.82, 2.24) is 5.32 Å². The van der Waals surface area contributed by atoms with E-state index >= 15 is 0 Å². The lowest BCUT2D eigenvalue weighted by molar-refractivity contribution is 0.352. The Labute approximate surface area is 82.6 Å². The summed E-state index contributed by atoms with van der Waals surface area (Å²) in [5.41, 5.74) is 0.318. The van der Waals surface area contributed by atoms with Gasteiger partial charge in [0.05, 0.1) is 0 Å². The molecule has 1 nitrogen and oxygen atoms in total. The summed E-state index contributed by atoms with van der Waals surface area (Å²) >= 11 is 0. The first kappa shape index (κ1) is 10.8. The smallest absolute Gasteiger partial charge is 0.00685 e. The highest BCUT2D eigenvalue weighted by atomic mass is 15.0. The lowest BCUT2D eigenvalue weighted by atomic mass is 9.85. The van der Waals surface area contributed by atoms with E-state index in [4.69, 9.17) is 0 Å². The van der Waals surface area contributed by atoms with Crippen molar-refractivity contribution >= 4 is 0 Å². The largest absolute Gasteiger partial charge is 0.313 e. The lowest BCUT2D eigenvalue weighted by Gasteiger charge is -2.26. The summed E-state index contributed by atoms with van der Waals surface area (Å²) in [4.78, 5) is 0. The van der Waals surface area contributed by atoms with Gasteiger partial charge in [0.2, 0.25) is 0 Å². The maximum atomic E-state index is 3.94. The Kier molecular flexibility index (Phi) is 3.98. The molecule has 1 aliphatic carbocycles. The van der Waals surface area contributed by atoms with E-state index in [-0.39, 0.29) is 0 Å². The number of hydrogen-bond donors (Lipinski definition) is 1. The molecule has 0 saturated heterocycles. The van der Waals surface area contributed by atoms with Crippen molar-refractivity contribution in [2.24, 2.45) is 5.41 Å². The summed E-state index contributed by atoms with van der Waals surface area (Å²) < 4.78 is 0. The molecule has 1 aliphatic rings. The molecular weight excluding hydrogens is 158 g/mol. The summed E-state index contributed by atoms with van der Waals surface area (Å²) in [5.74, 6) is 0. The Balaban J connectivity index is 2.23. The second-order valence-corrected chi connectivity index (χ2v) is 4.62. The van der Waals surface area contributed by atoms with Gasteiger partial charge in [-0.3, -0.25) is 0 Å². The molecule has 1 atom stereocenters. The van der Waals surface area contributed by atoms with Gasteiger partial charge < -0.3 is 5.32 Å². The minimum atomic E-state index is 0.318. The van der Waals surface area contributed by atoms with Crippen LogP contribution in [0.3, 0.4) is 0 Å². The van der Waals surface area contributed by atoms with Gasteiger partial charge in [-0.05, 0) is 24.7 Å². The van der Waals surface area contributed by atoms with Crippen molar-refractivity contribution in [3.8, 4) is 0 Å². The summed E-state index contributed by atoms with van der Waals surface area (Å²) in [7, 11) is 0. The summed E-state index contributed by atoms with van der Waals surface area (Å²) in [6.07, 6.45) is 8.74. The van der Waals surface area contributed by atoms with Crippen LogP contribution in [-0.2, 0) is 0 Å². The van der Waals surface area contributed by atoms with Crippen LogP contribution in [0.25, 0.3) is 0 Å². The third kappa shape index (κ3) is 3.95. The zero-order valence-corrected chi connectivity index (χ0v) is 9.10. The molecule has 1 unspecified atom stereocenters. The Bertz CT molecular complexity index is 161. The molecule has 0 heterocycles. The highest BCUT2D eigenvalue weighted by Crippen LogP contribution is 2.27. The van der Waals surface area contributed by atoms with Gasteiger partial charge in [-0.15, -0.1) is 6.58 Å². The van der Waals surface area contributed by atoms with E-state index in [1.807, 2.05) is 0 Å². The molecule has 13 heavy (non-hydrogen) atoms. The fourth-order valence-electron chi connectivity index (χ4n) is 1.51. The van der Waals surface area contributed by atoms with Gasteiger partial charge in [0, 0.05) is 12.6 Å². The van der Waals surface area contributed by atoms with Crippen LogP contribution in [0.2, 0.25) is 0 Å². The van der Waals surface area contributed by atoms with Crippen molar-refractivity contribution in [3.63, 3.8) is 0 Å². The molecule has 0 radical (unpaired) electrons. The van der Waals surface area contributed by atoms with Crippen molar-refractivity contribution in [1.29, 1.82) is 0 Å². The SMILES string of the molecule is C=CC(C)(CCCC)CNC1CC1. The molecule has 0 aliphatic heterocycles. The minimum Gasteiger partial charge on any atom is -0.313 e. The maximum Gasteiger partial charge on any atom is 0.00685 e. The predicted molar refractivity (Wildman–Crippen MR) is 58.9 cm³/mol. The van der Waals surface area contributed by atoms with Crippen LogP contribution in [0.4, 0.5) is 0 Å². The Morgan fingerprint density at radius 3 is 2.69 bits per heavy atom. The highest BCUT2D eigenvalue weighted by Gasteiger charge is 2.25. The van der Waals surface area contributed by atoms with E-state index in [1.165, 1.54) is 32.1 Å². The first-order valence-corrected chi connectivity index (χ1v) is 5.57. The highest BCUT2D eigenvalue weighted by molar-refractivity contribution is 4.95. The summed E-state index contributed by atoms with van der Waals surface area (Å²) in [6, 6.07) is 0.820. The molecule has 0 aromatic heterocycles. The molecule has 1 fully saturated rings.